The Morgan fingerprint density at radius 2 is 0.954 bits per heavy atom. The number of ketones is 2. The number of ether oxygens (including phenoxy) is 4. The van der Waals surface area contributed by atoms with Crippen LogP contribution in [0.3, 0.4) is 0 Å². The van der Waals surface area contributed by atoms with E-state index in [-0.39, 0.29) is 48.8 Å². The van der Waals surface area contributed by atoms with E-state index in [4.69, 9.17) is 30.4 Å². The van der Waals surface area contributed by atoms with Crippen molar-refractivity contribution in [2.45, 2.75) is 102 Å². The van der Waals surface area contributed by atoms with Crippen molar-refractivity contribution in [3.63, 3.8) is 0 Å². The maximum atomic E-state index is 14.2. The Kier molecular flexibility index (Phi) is 17.0. The summed E-state index contributed by atoms with van der Waals surface area (Å²) in [5.41, 5.74) is 13.6. The molecule has 0 saturated heterocycles. The minimum absolute atomic E-state index is 0.0928. The molecule has 0 aliphatic heterocycles. The van der Waals surface area contributed by atoms with E-state index in [1.807, 2.05) is 13.8 Å². The molecule has 0 unspecified atom stereocenters. The van der Waals surface area contributed by atoms with Crippen LogP contribution in [0.1, 0.15) is 93.9 Å². The number of carbonyl (C=O) groups is 4. The first-order chi connectivity index (χ1) is 31.2. The molecule has 12 heteroatoms. The van der Waals surface area contributed by atoms with Gasteiger partial charge < -0.3 is 40.6 Å². The molecule has 0 heterocycles. The van der Waals surface area contributed by atoms with Gasteiger partial charge in [0.1, 0.15) is 11.5 Å². The van der Waals surface area contributed by atoms with E-state index in [9.17, 15) is 29.4 Å². The molecule has 12 nitrogen and oxygen atoms in total. The molecular weight excluding hydrogens is 825 g/mol. The van der Waals surface area contributed by atoms with Crippen molar-refractivity contribution in [1.82, 2.24) is 0 Å². The maximum absolute atomic E-state index is 14.2. The van der Waals surface area contributed by atoms with E-state index in [1.165, 1.54) is 12.2 Å². The van der Waals surface area contributed by atoms with Crippen LogP contribution >= 0.6 is 0 Å². The summed E-state index contributed by atoms with van der Waals surface area (Å²) in [5.74, 6) is -4.80. The van der Waals surface area contributed by atoms with Gasteiger partial charge in [0.25, 0.3) is 0 Å². The molecule has 344 valence electrons. The first-order valence-corrected chi connectivity index (χ1v) is 22.7. The van der Waals surface area contributed by atoms with Gasteiger partial charge in [0.2, 0.25) is 11.6 Å². The topological polar surface area (TPSA) is 198 Å². The highest BCUT2D eigenvalue weighted by Crippen LogP contribution is 2.43. The Bertz CT molecular complexity index is 2200. The fourth-order valence-electron chi connectivity index (χ4n) is 8.84. The molecule has 2 saturated carbocycles. The highest BCUT2D eigenvalue weighted by atomic mass is 16.5. The van der Waals surface area contributed by atoms with Crippen LogP contribution in [0.15, 0.2) is 109 Å². The number of carbonyl (C=O) groups excluding carboxylic acids is 4. The van der Waals surface area contributed by atoms with Crippen LogP contribution in [0.2, 0.25) is 0 Å². The van der Waals surface area contributed by atoms with Crippen LogP contribution in [0.4, 0.5) is 11.4 Å². The summed E-state index contributed by atoms with van der Waals surface area (Å²) in [6.45, 7) is 5.22. The molecule has 6 rings (SSSR count). The van der Waals surface area contributed by atoms with Crippen molar-refractivity contribution in [3.8, 4) is 11.5 Å². The number of anilines is 2. The van der Waals surface area contributed by atoms with Gasteiger partial charge in [-0.2, -0.15) is 0 Å². The molecule has 0 spiro atoms. The minimum atomic E-state index is -3.07. The highest BCUT2D eigenvalue weighted by Gasteiger charge is 2.54. The first-order valence-electron chi connectivity index (χ1n) is 22.7. The zero-order chi connectivity index (χ0) is 46.4. The predicted molar refractivity (Wildman–Crippen MR) is 250 cm³/mol. The summed E-state index contributed by atoms with van der Waals surface area (Å²) in [6, 6.07) is 26.9. The SMILES string of the molecule is CCOC1CCC(C(=O)Oc2ccc(C=CC(=O)CC(Cc3ccc(N)cc3)(Cc3ccc(N)cc3)C(O)(O)C(=O)C=Cc3ccc(OC(=O)C4CCC(OCC)CC4)cc3)cc2)CC1. The number of rotatable bonds is 20. The fourth-order valence-corrected chi connectivity index (χ4v) is 8.84. The van der Waals surface area contributed by atoms with Crippen LogP contribution in [-0.2, 0) is 41.5 Å². The van der Waals surface area contributed by atoms with Crippen molar-refractivity contribution in [1.29, 1.82) is 0 Å². The van der Waals surface area contributed by atoms with Gasteiger partial charge in [-0.1, -0.05) is 60.7 Å². The third-order valence-corrected chi connectivity index (χ3v) is 12.5. The largest absolute Gasteiger partial charge is 0.426 e. The van der Waals surface area contributed by atoms with Crippen molar-refractivity contribution in [2.75, 3.05) is 24.7 Å². The van der Waals surface area contributed by atoms with Gasteiger partial charge in [0, 0.05) is 36.4 Å². The Morgan fingerprint density at radius 3 is 1.34 bits per heavy atom. The molecule has 65 heavy (non-hydrogen) atoms. The van der Waals surface area contributed by atoms with Gasteiger partial charge in [0.15, 0.2) is 5.78 Å². The molecule has 0 amide bonds. The Morgan fingerprint density at radius 1 is 0.569 bits per heavy atom. The number of benzene rings is 4. The molecule has 4 aromatic carbocycles. The van der Waals surface area contributed by atoms with Crippen LogP contribution < -0.4 is 20.9 Å². The standard InChI is InChI=1S/C53H62N2O10/c1-3-62-45-28-15-40(16-29-45)50(58)64-47-24-10-36(11-25-47)9-23-44(56)35-52(33-38-5-19-42(54)20-6-38,34-39-7-21-43(55)22-8-39)53(60,61)49(57)32-14-37-12-26-48(27-13-37)65-51(59)41-17-30-46(31-18-41)63-4-2/h5-14,19-27,32,40-41,45-46,60-61H,3-4,15-18,28-31,33-35,54-55H2,1-2H3. The smallest absolute Gasteiger partial charge is 0.314 e. The maximum Gasteiger partial charge on any atom is 0.314 e. The lowest BCUT2D eigenvalue weighted by molar-refractivity contribution is -0.230. The van der Waals surface area contributed by atoms with Crippen LogP contribution in [0.5, 0.6) is 11.5 Å². The predicted octanol–water partition coefficient (Wildman–Crippen LogP) is 8.26. The molecule has 0 bridgehead atoms. The zero-order valence-corrected chi connectivity index (χ0v) is 37.4. The molecule has 0 radical (unpaired) electrons. The molecule has 2 fully saturated rings. The van der Waals surface area contributed by atoms with E-state index in [1.54, 1.807) is 103 Å². The summed E-state index contributed by atoms with van der Waals surface area (Å²) in [4.78, 5) is 54.0. The van der Waals surface area contributed by atoms with Crippen molar-refractivity contribution < 1.29 is 48.3 Å². The minimum Gasteiger partial charge on any atom is -0.426 e. The third-order valence-electron chi connectivity index (χ3n) is 12.5. The third kappa shape index (κ3) is 13.6. The summed E-state index contributed by atoms with van der Waals surface area (Å²) in [7, 11) is 0. The molecule has 4 aromatic rings. The normalized spacial score (nSPS) is 19.3. The molecule has 2 aliphatic carbocycles. The number of nitrogens with two attached hydrogens (primary N) is 2. The van der Waals surface area contributed by atoms with E-state index in [2.05, 4.69) is 0 Å². The van der Waals surface area contributed by atoms with Crippen molar-refractivity contribution in [2.24, 2.45) is 17.3 Å². The average molecular weight is 887 g/mol. The summed E-state index contributed by atoms with van der Waals surface area (Å²) in [6.07, 6.45) is 11.2. The van der Waals surface area contributed by atoms with E-state index in [0.29, 0.717) is 84.0 Å². The number of allylic oxidation sites excluding steroid dienone is 1. The lowest BCUT2D eigenvalue weighted by Crippen LogP contribution is -2.57. The second-order valence-corrected chi connectivity index (χ2v) is 17.3. The lowest BCUT2D eigenvalue weighted by atomic mass is 9.65. The van der Waals surface area contributed by atoms with E-state index in [0.717, 1.165) is 31.8 Å². The van der Waals surface area contributed by atoms with Crippen molar-refractivity contribution in [3.05, 3.63) is 131 Å². The molecule has 6 N–H and O–H groups in total. The summed E-state index contributed by atoms with van der Waals surface area (Å²) >= 11 is 0. The van der Waals surface area contributed by atoms with E-state index >= 15 is 0 Å². The number of aliphatic hydroxyl groups is 2. The first kappa shape index (κ1) is 48.5. The number of nitrogen functional groups attached to an aromatic ring is 2. The number of hydrogen-bond acceptors (Lipinski definition) is 12. The van der Waals surface area contributed by atoms with E-state index < -0.39 is 29.2 Å². The molecule has 0 atom stereocenters. The Balaban J connectivity index is 1.19. The number of hydrogen-bond donors (Lipinski definition) is 4. The van der Waals surface area contributed by atoms with Gasteiger partial charge in [-0.25, -0.2) is 0 Å². The van der Waals surface area contributed by atoms with Crippen LogP contribution in [-0.4, -0.2) is 64.9 Å². The van der Waals surface area contributed by atoms with Crippen LogP contribution in [0, 0.1) is 17.3 Å². The monoisotopic (exact) mass is 886 g/mol. The lowest BCUT2D eigenvalue weighted by Gasteiger charge is -2.42. The Labute approximate surface area is 381 Å². The second kappa shape index (κ2) is 22.8. The molecule has 2 aliphatic rings. The number of esters is 2. The van der Waals surface area contributed by atoms with Gasteiger partial charge in [-0.3, -0.25) is 19.2 Å². The quantitative estimate of drug-likeness (QED) is 0.0218. The highest BCUT2D eigenvalue weighted by molar-refractivity contribution is 6.01. The van der Waals surface area contributed by atoms with Crippen molar-refractivity contribution >= 4 is 47.0 Å². The van der Waals surface area contributed by atoms with Gasteiger partial charge >= 0.3 is 11.9 Å². The zero-order valence-electron chi connectivity index (χ0n) is 37.4. The van der Waals surface area contributed by atoms with Gasteiger partial charge in [0.05, 0.1) is 24.0 Å². The van der Waals surface area contributed by atoms with Gasteiger partial charge in [-0.05, 0) is 161 Å². The molecular formula is C53H62N2O10. The summed E-state index contributed by atoms with van der Waals surface area (Å²) < 4.78 is 22.8. The fraction of sp³-hybridized carbons (Fsp3) is 0.396. The Hall–Kier alpha value is -5.92. The average Bonchev–Trinajstić information content (AvgIpc) is 3.30. The van der Waals surface area contributed by atoms with Gasteiger partial charge in [-0.15, -0.1) is 0 Å². The second-order valence-electron chi connectivity index (χ2n) is 17.3. The molecule has 0 aromatic heterocycles. The van der Waals surface area contributed by atoms with Crippen LogP contribution in [0.25, 0.3) is 12.2 Å². The summed E-state index contributed by atoms with van der Waals surface area (Å²) in [5, 5.41) is 24.4.